The average molecular weight is 396 g/mol. The largest absolute Gasteiger partial charge is 0.481 e. The topological polar surface area (TPSA) is 81.6 Å². The van der Waals surface area contributed by atoms with Gasteiger partial charge in [0, 0.05) is 49.3 Å². The molecule has 0 saturated carbocycles. The van der Waals surface area contributed by atoms with Crippen LogP contribution in [0.4, 0.5) is 23.1 Å². The van der Waals surface area contributed by atoms with Crippen LogP contribution < -0.4 is 15.1 Å². The minimum atomic E-state index is -0.695. The Kier molecular flexibility index (Phi) is 5.83. The number of hydrogen-bond donors (Lipinski definition) is 2. The molecule has 2 aliphatic rings. The van der Waals surface area contributed by atoms with Crippen LogP contribution in [-0.4, -0.2) is 47.2 Å². The normalized spacial score (nSPS) is 18.0. The summed E-state index contributed by atoms with van der Waals surface area (Å²) >= 11 is 0. The lowest BCUT2D eigenvalue weighted by Crippen LogP contribution is -2.36. The van der Waals surface area contributed by atoms with Crippen LogP contribution in [0.1, 0.15) is 37.8 Å². The summed E-state index contributed by atoms with van der Waals surface area (Å²) < 4.78 is 0. The Hall–Kier alpha value is -2.83. The molecule has 2 N–H and O–H groups in total. The molecule has 2 aliphatic heterocycles. The third kappa shape index (κ3) is 4.78. The standard InChI is InChI=1S/C22H29N5O2/c1-16-15-20(27-13-9-17(10-14-27)21(28)29)25-22(23-16)24-18-5-7-19(8-6-18)26-11-3-2-4-12-26/h5-8,15,17H,2-4,9-14H2,1H3,(H,28,29)(H,23,24,25). The number of benzene rings is 1. The van der Waals surface area contributed by atoms with Crippen molar-refractivity contribution in [1.82, 2.24) is 9.97 Å². The number of carboxylic acid groups (broad SMARTS) is 1. The summed E-state index contributed by atoms with van der Waals surface area (Å²) in [6.07, 6.45) is 5.17. The highest BCUT2D eigenvalue weighted by Crippen LogP contribution is 2.26. The second-order valence-electron chi connectivity index (χ2n) is 8.01. The number of anilines is 4. The Labute approximate surface area is 171 Å². The Balaban J connectivity index is 1.43. The maximum Gasteiger partial charge on any atom is 0.306 e. The molecule has 1 aromatic carbocycles. The molecule has 2 saturated heterocycles. The van der Waals surface area contributed by atoms with Crippen molar-refractivity contribution < 1.29 is 9.90 Å². The number of aryl methyl sites for hydroxylation is 1. The quantitative estimate of drug-likeness (QED) is 0.796. The second kappa shape index (κ2) is 8.68. The number of carbonyl (C=O) groups is 1. The van der Waals surface area contributed by atoms with E-state index in [1.165, 1.54) is 24.9 Å². The zero-order valence-electron chi connectivity index (χ0n) is 17.0. The van der Waals surface area contributed by atoms with E-state index in [2.05, 4.69) is 49.4 Å². The van der Waals surface area contributed by atoms with Crippen LogP contribution in [0.15, 0.2) is 30.3 Å². The number of carboxylic acids is 1. The number of nitrogens with one attached hydrogen (secondary N) is 1. The molecule has 29 heavy (non-hydrogen) atoms. The van der Waals surface area contributed by atoms with Gasteiger partial charge in [-0.2, -0.15) is 4.98 Å². The van der Waals surface area contributed by atoms with Crippen molar-refractivity contribution >= 4 is 29.1 Å². The lowest BCUT2D eigenvalue weighted by molar-refractivity contribution is -0.142. The lowest BCUT2D eigenvalue weighted by atomic mass is 9.97. The maximum atomic E-state index is 11.2. The fourth-order valence-corrected chi connectivity index (χ4v) is 4.16. The van der Waals surface area contributed by atoms with Crippen molar-refractivity contribution in [2.45, 2.75) is 39.0 Å². The van der Waals surface area contributed by atoms with Gasteiger partial charge in [-0.05, 0) is 63.3 Å². The molecular weight excluding hydrogens is 366 g/mol. The summed E-state index contributed by atoms with van der Waals surface area (Å²) in [7, 11) is 0. The monoisotopic (exact) mass is 395 g/mol. The van der Waals surface area contributed by atoms with E-state index in [-0.39, 0.29) is 5.92 Å². The molecule has 3 heterocycles. The molecule has 7 nitrogen and oxygen atoms in total. The predicted octanol–water partition coefficient (Wildman–Crippen LogP) is 3.82. The first-order valence-corrected chi connectivity index (χ1v) is 10.5. The highest BCUT2D eigenvalue weighted by molar-refractivity contribution is 5.70. The number of aromatic nitrogens is 2. The summed E-state index contributed by atoms with van der Waals surface area (Å²) in [5, 5.41) is 12.5. The molecule has 1 aromatic heterocycles. The zero-order chi connectivity index (χ0) is 20.2. The number of piperidine rings is 2. The summed E-state index contributed by atoms with van der Waals surface area (Å²) in [5.74, 6) is 0.490. The Morgan fingerprint density at radius 1 is 1.00 bits per heavy atom. The third-order valence-electron chi connectivity index (χ3n) is 5.85. The van der Waals surface area contributed by atoms with Gasteiger partial charge in [-0.1, -0.05) is 0 Å². The fraction of sp³-hybridized carbons (Fsp3) is 0.500. The van der Waals surface area contributed by atoms with Crippen molar-refractivity contribution in [3.63, 3.8) is 0 Å². The molecule has 0 radical (unpaired) electrons. The van der Waals surface area contributed by atoms with E-state index in [1.54, 1.807) is 0 Å². The molecule has 0 bridgehead atoms. The van der Waals surface area contributed by atoms with E-state index >= 15 is 0 Å². The van der Waals surface area contributed by atoms with Crippen molar-refractivity contribution in [2.75, 3.05) is 41.3 Å². The van der Waals surface area contributed by atoms with Gasteiger partial charge in [-0.3, -0.25) is 4.79 Å². The van der Waals surface area contributed by atoms with Gasteiger partial charge in [0.25, 0.3) is 0 Å². The Bertz CT molecular complexity index is 841. The molecule has 0 aliphatic carbocycles. The minimum absolute atomic E-state index is 0.245. The van der Waals surface area contributed by atoms with Gasteiger partial charge in [0.15, 0.2) is 0 Å². The van der Waals surface area contributed by atoms with Crippen LogP contribution in [0, 0.1) is 12.8 Å². The maximum absolute atomic E-state index is 11.2. The molecule has 0 amide bonds. The Morgan fingerprint density at radius 2 is 1.69 bits per heavy atom. The molecule has 0 unspecified atom stereocenters. The highest BCUT2D eigenvalue weighted by atomic mass is 16.4. The molecule has 0 spiro atoms. The van der Waals surface area contributed by atoms with E-state index in [0.29, 0.717) is 31.9 Å². The summed E-state index contributed by atoms with van der Waals surface area (Å²) in [4.78, 5) is 25.0. The third-order valence-corrected chi connectivity index (χ3v) is 5.85. The number of hydrogen-bond acceptors (Lipinski definition) is 6. The van der Waals surface area contributed by atoms with Crippen LogP contribution in [0.2, 0.25) is 0 Å². The predicted molar refractivity (Wildman–Crippen MR) is 115 cm³/mol. The van der Waals surface area contributed by atoms with Gasteiger partial charge in [0.1, 0.15) is 5.82 Å². The number of nitrogens with zero attached hydrogens (tertiary/aromatic N) is 4. The van der Waals surface area contributed by atoms with E-state index in [0.717, 1.165) is 30.3 Å². The first-order chi connectivity index (χ1) is 14.1. The highest BCUT2D eigenvalue weighted by Gasteiger charge is 2.25. The van der Waals surface area contributed by atoms with Gasteiger partial charge in [0.2, 0.25) is 5.95 Å². The van der Waals surface area contributed by atoms with E-state index in [4.69, 9.17) is 0 Å². The van der Waals surface area contributed by atoms with Crippen LogP contribution in [0.5, 0.6) is 0 Å². The minimum Gasteiger partial charge on any atom is -0.481 e. The molecule has 2 aromatic rings. The smallest absolute Gasteiger partial charge is 0.306 e. The van der Waals surface area contributed by atoms with E-state index in [1.807, 2.05) is 13.0 Å². The molecule has 2 fully saturated rings. The van der Waals surface area contributed by atoms with Gasteiger partial charge >= 0.3 is 5.97 Å². The van der Waals surface area contributed by atoms with Crippen LogP contribution in [0.3, 0.4) is 0 Å². The van der Waals surface area contributed by atoms with Gasteiger partial charge in [-0.25, -0.2) is 4.98 Å². The SMILES string of the molecule is Cc1cc(N2CCC(C(=O)O)CC2)nc(Nc2ccc(N3CCCCC3)cc2)n1. The summed E-state index contributed by atoms with van der Waals surface area (Å²) in [6, 6.07) is 10.4. The van der Waals surface area contributed by atoms with Crippen LogP contribution in [0.25, 0.3) is 0 Å². The molecule has 7 heteroatoms. The van der Waals surface area contributed by atoms with Crippen LogP contribution in [-0.2, 0) is 4.79 Å². The van der Waals surface area contributed by atoms with Crippen molar-refractivity contribution in [3.05, 3.63) is 36.0 Å². The van der Waals surface area contributed by atoms with Crippen molar-refractivity contribution in [2.24, 2.45) is 5.92 Å². The Morgan fingerprint density at radius 3 is 2.34 bits per heavy atom. The summed E-state index contributed by atoms with van der Waals surface area (Å²) in [5.41, 5.74) is 3.12. The average Bonchev–Trinajstić information content (AvgIpc) is 2.74. The zero-order valence-corrected chi connectivity index (χ0v) is 17.0. The van der Waals surface area contributed by atoms with E-state index in [9.17, 15) is 9.90 Å². The van der Waals surface area contributed by atoms with Gasteiger partial charge in [0.05, 0.1) is 5.92 Å². The van der Waals surface area contributed by atoms with Gasteiger partial charge < -0.3 is 20.2 Å². The number of rotatable bonds is 5. The van der Waals surface area contributed by atoms with E-state index < -0.39 is 5.97 Å². The fourth-order valence-electron chi connectivity index (χ4n) is 4.16. The van der Waals surface area contributed by atoms with Gasteiger partial charge in [-0.15, -0.1) is 0 Å². The molecule has 154 valence electrons. The van der Waals surface area contributed by atoms with Crippen molar-refractivity contribution in [1.29, 1.82) is 0 Å². The lowest BCUT2D eigenvalue weighted by Gasteiger charge is -2.31. The van der Waals surface area contributed by atoms with Crippen molar-refractivity contribution in [3.8, 4) is 0 Å². The number of aliphatic carboxylic acids is 1. The molecule has 0 atom stereocenters. The first kappa shape index (κ1) is 19.5. The second-order valence-corrected chi connectivity index (χ2v) is 8.01. The molecular formula is C22H29N5O2. The first-order valence-electron chi connectivity index (χ1n) is 10.5. The molecule has 4 rings (SSSR count). The van der Waals surface area contributed by atoms with Crippen LogP contribution >= 0.6 is 0 Å². The summed E-state index contributed by atoms with van der Waals surface area (Å²) in [6.45, 7) is 5.64.